The smallest absolute Gasteiger partial charge is 0.348 e. The van der Waals surface area contributed by atoms with Crippen molar-refractivity contribution in [3.8, 4) is 10.4 Å². The van der Waals surface area contributed by atoms with E-state index in [4.69, 9.17) is 0 Å². The molecule has 0 atom stereocenters. The molecule has 108 valence electrons. The number of aromatic carboxylic acids is 1. The summed E-state index contributed by atoms with van der Waals surface area (Å²) < 4.78 is 12.9. The SMILES string of the molecule is O=C(O)c1sc(-c2ccc(F)cc2)cc1NC(=O)C1CC1. The lowest BCUT2D eigenvalue weighted by atomic mass is 10.2. The molecule has 0 saturated heterocycles. The van der Waals surface area contributed by atoms with E-state index in [1.165, 1.54) is 12.1 Å². The number of hydrogen-bond acceptors (Lipinski definition) is 3. The van der Waals surface area contributed by atoms with Gasteiger partial charge in [0.2, 0.25) is 5.91 Å². The quantitative estimate of drug-likeness (QED) is 0.907. The largest absolute Gasteiger partial charge is 0.477 e. The van der Waals surface area contributed by atoms with Crippen molar-refractivity contribution >= 4 is 28.9 Å². The molecule has 4 nitrogen and oxygen atoms in total. The van der Waals surface area contributed by atoms with Gasteiger partial charge >= 0.3 is 5.97 Å². The number of carboxylic acids is 1. The predicted octanol–water partition coefficient (Wildman–Crippen LogP) is 3.60. The topological polar surface area (TPSA) is 66.4 Å². The van der Waals surface area contributed by atoms with Gasteiger partial charge in [-0.25, -0.2) is 9.18 Å². The molecule has 2 aromatic rings. The van der Waals surface area contributed by atoms with Crippen LogP contribution in [0.2, 0.25) is 0 Å². The third-order valence-corrected chi connectivity index (χ3v) is 4.43. The van der Waals surface area contributed by atoms with Crippen molar-refractivity contribution in [3.63, 3.8) is 0 Å². The summed E-state index contributed by atoms with van der Waals surface area (Å²) >= 11 is 1.06. The molecule has 1 aliphatic rings. The minimum Gasteiger partial charge on any atom is -0.477 e. The van der Waals surface area contributed by atoms with Crippen LogP contribution < -0.4 is 5.32 Å². The highest BCUT2D eigenvalue weighted by atomic mass is 32.1. The second-order valence-corrected chi connectivity index (χ2v) is 5.98. The van der Waals surface area contributed by atoms with Crippen LogP contribution >= 0.6 is 11.3 Å². The average Bonchev–Trinajstić information content (AvgIpc) is 3.21. The summed E-state index contributed by atoms with van der Waals surface area (Å²) in [6.07, 6.45) is 1.70. The minimum atomic E-state index is -1.08. The Labute approximate surface area is 124 Å². The van der Waals surface area contributed by atoms with Crippen LogP contribution in [0.15, 0.2) is 30.3 Å². The van der Waals surface area contributed by atoms with Gasteiger partial charge in [-0.1, -0.05) is 12.1 Å². The Hall–Kier alpha value is -2.21. The van der Waals surface area contributed by atoms with Crippen LogP contribution in [0, 0.1) is 11.7 Å². The molecule has 0 aliphatic heterocycles. The molecule has 2 N–H and O–H groups in total. The van der Waals surface area contributed by atoms with Crippen LogP contribution in [0.4, 0.5) is 10.1 Å². The zero-order valence-electron chi connectivity index (χ0n) is 10.9. The molecular weight excluding hydrogens is 293 g/mol. The Balaban J connectivity index is 1.93. The molecular formula is C15H12FNO3S. The summed E-state index contributed by atoms with van der Waals surface area (Å²) in [4.78, 5) is 23.8. The number of hydrogen-bond donors (Lipinski definition) is 2. The van der Waals surface area contributed by atoms with E-state index in [1.807, 2.05) is 0 Å². The van der Waals surface area contributed by atoms with Crippen molar-refractivity contribution in [1.29, 1.82) is 0 Å². The molecule has 6 heteroatoms. The molecule has 1 aromatic carbocycles. The van der Waals surface area contributed by atoms with Crippen molar-refractivity contribution in [1.82, 2.24) is 0 Å². The van der Waals surface area contributed by atoms with Crippen LogP contribution in [-0.4, -0.2) is 17.0 Å². The Kier molecular flexibility index (Phi) is 3.47. The molecule has 21 heavy (non-hydrogen) atoms. The molecule has 0 bridgehead atoms. The summed E-state index contributed by atoms with van der Waals surface area (Å²) in [6, 6.07) is 7.43. The maximum absolute atomic E-state index is 12.9. The summed E-state index contributed by atoms with van der Waals surface area (Å²) in [6.45, 7) is 0. The lowest BCUT2D eigenvalue weighted by molar-refractivity contribution is -0.117. The second kappa shape index (κ2) is 5.29. The van der Waals surface area contributed by atoms with Crippen LogP contribution in [0.3, 0.4) is 0 Å². The molecule has 0 unspecified atom stereocenters. The van der Waals surface area contributed by atoms with E-state index in [1.54, 1.807) is 18.2 Å². The van der Waals surface area contributed by atoms with Gasteiger partial charge < -0.3 is 10.4 Å². The van der Waals surface area contributed by atoms with Crippen LogP contribution in [-0.2, 0) is 4.79 Å². The first-order valence-corrected chi connectivity index (χ1v) is 7.30. The standard InChI is InChI=1S/C15H12FNO3S/c16-10-5-3-8(4-6-10)12-7-11(13(21-12)15(19)20)17-14(18)9-1-2-9/h3-7,9H,1-2H2,(H,17,18)(H,19,20). The summed E-state index contributed by atoms with van der Waals surface area (Å²) in [7, 11) is 0. The number of halogens is 1. The van der Waals surface area contributed by atoms with Crippen molar-refractivity contribution in [2.75, 3.05) is 5.32 Å². The Morgan fingerprint density at radius 3 is 2.48 bits per heavy atom. The zero-order chi connectivity index (χ0) is 15.0. The van der Waals surface area contributed by atoms with Crippen LogP contribution in [0.5, 0.6) is 0 Å². The normalized spacial score (nSPS) is 14.0. The lowest BCUT2D eigenvalue weighted by Crippen LogP contribution is -2.14. The van der Waals surface area contributed by atoms with Gasteiger partial charge in [-0.05, 0) is 36.6 Å². The van der Waals surface area contributed by atoms with Gasteiger partial charge in [-0.2, -0.15) is 0 Å². The third kappa shape index (κ3) is 2.95. The highest BCUT2D eigenvalue weighted by Gasteiger charge is 2.31. The number of rotatable bonds is 4. The molecule has 1 saturated carbocycles. The highest BCUT2D eigenvalue weighted by molar-refractivity contribution is 7.18. The predicted molar refractivity (Wildman–Crippen MR) is 78.0 cm³/mol. The second-order valence-electron chi connectivity index (χ2n) is 4.93. The van der Waals surface area contributed by atoms with E-state index in [0.29, 0.717) is 10.6 Å². The summed E-state index contributed by atoms with van der Waals surface area (Å²) in [5.41, 5.74) is 1.03. The Bertz CT molecular complexity index is 704. The molecule has 1 aromatic heterocycles. The average molecular weight is 305 g/mol. The van der Waals surface area contributed by atoms with E-state index in [9.17, 15) is 19.1 Å². The maximum atomic E-state index is 12.9. The monoisotopic (exact) mass is 305 g/mol. The van der Waals surface area contributed by atoms with Crippen LogP contribution in [0.1, 0.15) is 22.5 Å². The number of carbonyl (C=O) groups is 2. The van der Waals surface area contributed by atoms with Crippen molar-refractivity contribution < 1.29 is 19.1 Å². The van der Waals surface area contributed by atoms with Crippen LogP contribution in [0.25, 0.3) is 10.4 Å². The number of nitrogens with one attached hydrogen (secondary N) is 1. The molecule has 3 rings (SSSR count). The summed E-state index contributed by atoms with van der Waals surface area (Å²) in [5, 5.41) is 11.9. The first-order valence-electron chi connectivity index (χ1n) is 6.48. The van der Waals surface area contributed by atoms with Gasteiger partial charge in [0.15, 0.2) is 0 Å². The van der Waals surface area contributed by atoms with E-state index < -0.39 is 5.97 Å². The molecule has 1 amide bonds. The number of amides is 1. The van der Waals surface area contributed by atoms with E-state index >= 15 is 0 Å². The Morgan fingerprint density at radius 2 is 1.90 bits per heavy atom. The van der Waals surface area contributed by atoms with Gasteiger partial charge in [0.25, 0.3) is 0 Å². The first kappa shape index (κ1) is 13.8. The van der Waals surface area contributed by atoms with Crippen molar-refractivity contribution in [3.05, 3.63) is 41.0 Å². The molecule has 0 radical (unpaired) electrons. The number of anilines is 1. The molecule has 1 fully saturated rings. The highest BCUT2D eigenvalue weighted by Crippen LogP contribution is 2.37. The zero-order valence-corrected chi connectivity index (χ0v) is 11.7. The van der Waals surface area contributed by atoms with Gasteiger partial charge in [0.1, 0.15) is 10.7 Å². The third-order valence-electron chi connectivity index (χ3n) is 3.26. The fourth-order valence-corrected chi connectivity index (χ4v) is 2.94. The first-order chi connectivity index (χ1) is 10.0. The lowest BCUT2D eigenvalue weighted by Gasteiger charge is -2.02. The number of carbonyl (C=O) groups excluding carboxylic acids is 1. The maximum Gasteiger partial charge on any atom is 0.348 e. The number of thiophene rings is 1. The molecule has 1 aliphatic carbocycles. The summed E-state index contributed by atoms with van der Waals surface area (Å²) in [5.74, 6) is -1.57. The van der Waals surface area contributed by atoms with E-state index in [2.05, 4.69) is 5.32 Å². The molecule has 1 heterocycles. The Morgan fingerprint density at radius 1 is 1.24 bits per heavy atom. The molecule has 0 spiro atoms. The van der Waals surface area contributed by atoms with Crippen molar-refractivity contribution in [2.45, 2.75) is 12.8 Å². The fraction of sp³-hybridized carbons (Fsp3) is 0.200. The number of benzene rings is 1. The van der Waals surface area contributed by atoms with Gasteiger partial charge in [-0.15, -0.1) is 11.3 Å². The van der Waals surface area contributed by atoms with Gasteiger partial charge in [0.05, 0.1) is 5.69 Å². The number of carboxylic acid groups (broad SMARTS) is 1. The minimum absolute atomic E-state index is 0.000756. The van der Waals surface area contributed by atoms with E-state index in [-0.39, 0.29) is 22.5 Å². The van der Waals surface area contributed by atoms with Gasteiger partial charge in [-0.3, -0.25) is 4.79 Å². The fourth-order valence-electron chi connectivity index (χ4n) is 1.98. The van der Waals surface area contributed by atoms with Gasteiger partial charge in [0, 0.05) is 10.8 Å². The van der Waals surface area contributed by atoms with Crippen molar-refractivity contribution in [2.24, 2.45) is 5.92 Å². The van der Waals surface area contributed by atoms with E-state index in [0.717, 1.165) is 29.7 Å².